The number of hydrogen-bond donors (Lipinski definition) is 1. The maximum atomic E-state index is 11.2. The summed E-state index contributed by atoms with van der Waals surface area (Å²) < 4.78 is 22.5. The Bertz CT molecular complexity index is 257. The zero-order valence-corrected chi connectivity index (χ0v) is 9.34. The normalized spacial score (nSPS) is 17.0. The molecule has 0 aliphatic heterocycles. The van der Waals surface area contributed by atoms with Crippen molar-refractivity contribution in [1.82, 2.24) is 0 Å². The van der Waals surface area contributed by atoms with E-state index in [0.717, 1.165) is 0 Å². The highest BCUT2D eigenvalue weighted by molar-refractivity contribution is 7.89. The summed E-state index contributed by atoms with van der Waals surface area (Å²) in [5, 5.41) is 4.68. The molecule has 0 saturated carbocycles. The fraction of sp³-hybridized carbons (Fsp3) is 0.778. The minimum absolute atomic E-state index is 0.0347. The highest BCUT2D eigenvalue weighted by Crippen LogP contribution is 2.21. The molecule has 0 aromatic rings. The Labute approximate surface area is 81.1 Å². The lowest BCUT2D eigenvalue weighted by atomic mass is 9.95. The fourth-order valence-corrected chi connectivity index (χ4v) is 3.27. The molecule has 0 aromatic carbocycles. The lowest BCUT2D eigenvalue weighted by Gasteiger charge is -2.24. The number of nitrogens with two attached hydrogens (primary N) is 1. The molecule has 0 amide bonds. The van der Waals surface area contributed by atoms with Crippen molar-refractivity contribution in [3.8, 4) is 0 Å². The van der Waals surface area contributed by atoms with Gasteiger partial charge in [0.05, 0.1) is 5.25 Å². The molecule has 0 saturated heterocycles. The highest BCUT2D eigenvalue weighted by atomic mass is 32.2. The van der Waals surface area contributed by atoms with Crippen molar-refractivity contribution in [2.45, 2.75) is 32.4 Å². The van der Waals surface area contributed by atoms with Gasteiger partial charge in [-0.15, -0.1) is 6.58 Å². The molecule has 0 bridgehead atoms. The molecule has 2 N–H and O–H groups in total. The average Bonchev–Trinajstić information content (AvgIpc) is 1.82. The van der Waals surface area contributed by atoms with Crippen molar-refractivity contribution >= 4 is 10.0 Å². The third-order valence-electron chi connectivity index (χ3n) is 2.14. The molecular formula is C9H19NO2S. The van der Waals surface area contributed by atoms with Gasteiger partial charge in [0.2, 0.25) is 10.0 Å². The Kier molecular flexibility index (Phi) is 4.64. The molecule has 0 aliphatic carbocycles. The van der Waals surface area contributed by atoms with Gasteiger partial charge < -0.3 is 0 Å². The Hall–Kier alpha value is -0.350. The first-order chi connectivity index (χ1) is 5.80. The minimum atomic E-state index is -3.43. The first-order valence-corrected chi connectivity index (χ1v) is 6.04. The van der Waals surface area contributed by atoms with Crippen LogP contribution in [0.4, 0.5) is 0 Å². The second kappa shape index (κ2) is 4.77. The van der Waals surface area contributed by atoms with E-state index in [0.29, 0.717) is 6.42 Å². The van der Waals surface area contributed by atoms with E-state index >= 15 is 0 Å². The Morgan fingerprint density at radius 1 is 1.38 bits per heavy atom. The average molecular weight is 205 g/mol. The van der Waals surface area contributed by atoms with Gasteiger partial charge in [0, 0.05) is 0 Å². The van der Waals surface area contributed by atoms with Crippen molar-refractivity contribution in [2.24, 2.45) is 17.0 Å². The fourth-order valence-electron chi connectivity index (χ4n) is 1.76. The smallest absolute Gasteiger partial charge is 0.212 e. The van der Waals surface area contributed by atoms with Crippen LogP contribution in [0.5, 0.6) is 0 Å². The van der Waals surface area contributed by atoms with Crippen LogP contribution in [-0.4, -0.2) is 13.7 Å². The predicted octanol–water partition coefficient (Wildman–Crippen LogP) is 1.51. The highest BCUT2D eigenvalue weighted by Gasteiger charge is 2.29. The molecule has 0 radical (unpaired) electrons. The van der Waals surface area contributed by atoms with Crippen molar-refractivity contribution < 1.29 is 8.42 Å². The lowest BCUT2D eigenvalue weighted by Crippen LogP contribution is -2.37. The molecule has 0 rings (SSSR count). The summed E-state index contributed by atoms with van der Waals surface area (Å²) in [7, 11) is -3.43. The van der Waals surface area contributed by atoms with Gasteiger partial charge in [-0.05, 0) is 18.3 Å². The van der Waals surface area contributed by atoms with E-state index in [1.54, 1.807) is 6.08 Å². The summed E-state index contributed by atoms with van der Waals surface area (Å²) in [6, 6.07) is 0. The number of allylic oxidation sites excluding steroid dienone is 1. The van der Waals surface area contributed by atoms with Crippen LogP contribution in [0, 0.1) is 11.8 Å². The van der Waals surface area contributed by atoms with Gasteiger partial charge >= 0.3 is 0 Å². The number of rotatable bonds is 5. The molecule has 0 aromatic heterocycles. The van der Waals surface area contributed by atoms with E-state index in [-0.39, 0.29) is 11.8 Å². The van der Waals surface area contributed by atoms with Crippen LogP contribution in [-0.2, 0) is 10.0 Å². The van der Waals surface area contributed by atoms with E-state index in [9.17, 15) is 8.42 Å². The minimum Gasteiger partial charge on any atom is -0.228 e. The van der Waals surface area contributed by atoms with E-state index in [2.05, 4.69) is 6.58 Å². The van der Waals surface area contributed by atoms with Gasteiger partial charge in [0.15, 0.2) is 0 Å². The largest absolute Gasteiger partial charge is 0.228 e. The zero-order valence-electron chi connectivity index (χ0n) is 8.53. The van der Waals surface area contributed by atoms with Gasteiger partial charge in [0.1, 0.15) is 0 Å². The predicted molar refractivity (Wildman–Crippen MR) is 55.7 cm³/mol. The van der Waals surface area contributed by atoms with Crippen LogP contribution in [0.25, 0.3) is 0 Å². The Morgan fingerprint density at radius 2 is 1.85 bits per heavy atom. The molecule has 0 fully saturated rings. The summed E-state index contributed by atoms with van der Waals surface area (Å²) in [6.07, 6.45) is 2.41. The van der Waals surface area contributed by atoms with Crippen LogP contribution in [0.2, 0.25) is 0 Å². The monoisotopic (exact) mass is 205 g/mol. The Balaban J connectivity index is 4.72. The quantitative estimate of drug-likeness (QED) is 0.692. The molecule has 0 aliphatic rings. The molecule has 0 spiro atoms. The first-order valence-electron chi connectivity index (χ1n) is 4.43. The van der Waals surface area contributed by atoms with Crippen molar-refractivity contribution in [2.75, 3.05) is 0 Å². The first kappa shape index (κ1) is 12.7. The summed E-state index contributed by atoms with van der Waals surface area (Å²) in [5.74, 6) is 0.0810. The van der Waals surface area contributed by atoms with Crippen LogP contribution < -0.4 is 5.14 Å². The van der Waals surface area contributed by atoms with Gasteiger partial charge in [-0.2, -0.15) is 0 Å². The third-order valence-corrected chi connectivity index (χ3v) is 3.90. The molecular weight excluding hydrogens is 186 g/mol. The third kappa shape index (κ3) is 3.91. The van der Waals surface area contributed by atoms with E-state index < -0.39 is 15.3 Å². The van der Waals surface area contributed by atoms with E-state index in [4.69, 9.17) is 5.14 Å². The molecule has 1 unspecified atom stereocenters. The standard InChI is InChI=1S/C9H19NO2S/c1-5-6-8(4)9(7(2)3)13(10,11)12/h5,7-9H,1,6H2,2-4H3,(H2,10,11,12)/t8-,9?/m1/s1. The maximum absolute atomic E-state index is 11.2. The van der Waals surface area contributed by atoms with Crippen molar-refractivity contribution in [3.63, 3.8) is 0 Å². The molecule has 3 nitrogen and oxygen atoms in total. The van der Waals surface area contributed by atoms with Crippen LogP contribution >= 0.6 is 0 Å². The number of primary sulfonamides is 1. The second-order valence-electron chi connectivity index (χ2n) is 3.80. The van der Waals surface area contributed by atoms with Gasteiger partial charge in [0.25, 0.3) is 0 Å². The SMILES string of the molecule is C=CC[C@@H](C)C(C(C)C)S(N)(=O)=O. The van der Waals surface area contributed by atoms with Gasteiger partial charge in [-0.25, -0.2) is 13.6 Å². The van der Waals surface area contributed by atoms with Crippen molar-refractivity contribution in [1.29, 1.82) is 0 Å². The van der Waals surface area contributed by atoms with E-state index in [1.807, 2.05) is 20.8 Å². The summed E-state index contributed by atoms with van der Waals surface area (Å²) >= 11 is 0. The number of hydrogen-bond acceptors (Lipinski definition) is 2. The van der Waals surface area contributed by atoms with Crippen LogP contribution in [0.15, 0.2) is 12.7 Å². The number of sulfonamides is 1. The Morgan fingerprint density at radius 3 is 2.08 bits per heavy atom. The molecule has 4 heteroatoms. The van der Waals surface area contributed by atoms with Gasteiger partial charge in [-0.1, -0.05) is 26.8 Å². The molecule has 78 valence electrons. The molecule has 2 atom stereocenters. The molecule has 13 heavy (non-hydrogen) atoms. The summed E-state index contributed by atoms with van der Waals surface area (Å²) in [4.78, 5) is 0. The van der Waals surface area contributed by atoms with Gasteiger partial charge in [-0.3, -0.25) is 0 Å². The lowest BCUT2D eigenvalue weighted by molar-refractivity contribution is 0.430. The van der Waals surface area contributed by atoms with E-state index in [1.165, 1.54) is 0 Å². The summed E-state index contributed by atoms with van der Waals surface area (Å²) in [5.41, 5.74) is 0. The summed E-state index contributed by atoms with van der Waals surface area (Å²) in [6.45, 7) is 9.21. The zero-order chi connectivity index (χ0) is 10.6. The van der Waals surface area contributed by atoms with Crippen LogP contribution in [0.1, 0.15) is 27.2 Å². The topological polar surface area (TPSA) is 60.2 Å². The molecule has 0 heterocycles. The van der Waals surface area contributed by atoms with Crippen molar-refractivity contribution in [3.05, 3.63) is 12.7 Å². The second-order valence-corrected chi connectivity index (χ2v) is 5.52. The maximum Gasteiger partial charge on any atom is 0.212 e. The van der Waals surface area contributed by atoms with Crippen LogP contribution in [0.3, 0.4) is 0 Å².